The first kappa shape index (κ1) is 12.5. The second kappa shape index (κ2) is 4.10. The molecule has 0 saturated carbocycles. The summed E-state index contributed by atoms with van der Waals surface area (Å²) in [6.45, 7) is 9.03. The molecule has 88 valence electrons. The molecular formula is C11H22N2O2. The van der Waals surface area contributed by atoms with E-state index in [0.29, 0.717) is 6.54 Å². The maximum atomic E-state index is 12.0. The molecule has 1 rings (SSSR count). The molecule has 0 amide bonds. The monoisotopic (exact) mass is 214 g/mol. The molecule has 4 heteroatoms. The van der Waals surface area contributed by atoms with Crippen LogP contribution >= 0.6 is 0 Å². The number of carbonyl (C=O) groups is 1. The van der Waals surface area contributed by atoms with Gasteiger partial charge in [0, 0.05) is 13.1 Å². The Morgan fingerprint density at radius 1 is 1.47 bits per heavy atom. The van der Waals surface area contributed by atoms with Crippen LogP contribution in [0.3, 0.4) is 0 Å². The van der Waals surface area contributed by atoms with Crippen LogP contribution in [0, 0.1) is 5.41 Å². The largest absolute Gasteiger partial charge is 0.460 e. The molecule has 1 heterocycles. The van der Waals surface area contributed by atoms with Gasteiger partial charge in [-0.15, -0.1) is 0 Å². The average molecular weight is 214 g/mol. The topological polar surface area (TPSA) is 55.6 Å². The third-order valence-corrected chi connectivity index (χ3v) is 2.62. The Hall–Kier alpha value is -0.610. The van der Waals surface area contributed by atoms with E-state index < -0.39 is 11.0 Å². The number of ether oxygens (including phenoxy) is 1. The van der Waals surface area contributed by atoms with Crippen LogP contribution in [0.15, 0.2) is 0 Å². The zero-order valence-corrected chi connectivity index (χ0v) is 10.2. The van der Waals surface area contributed by atoms with Gasteiger partial charge in [0.1, 0.15) is 5.60 Å². The Kier molecular flexibility index (Phi) is 3.41. The predicted molar refractivity (Wildman–Crippen MR) is 58.9 cm³/mol. The Morgan fingerprint density at radius 2 is 2.07 bits per heavy atom. The third-order valence-electron chi connectivity index (χ3n) is 2.62. The number of rotatable bonds is 1. The Balaban J connectivity index is 2.64. The van der Waals surface area contributed by atoms with Crippen LogP contribution in [0.5, 0.6) is 0 Å². The van der Waals surface area contributed by atoms with Crippen LogP contribution in [0.25, 0.3) is 0 Å². The molecule has 1 unspecified atom stereocenters. The summed E-state index contributed by atoms with van der Waals surface area (Å²) in [5, 5.41) is 1.70. The van der Waals surface area contributed by atoms with Gasteiger partial charge in [-0.25, -0.2) is 5.01 Å². The highest BCUT2D eigenvalue weighted by Crippen LogP contribution is 2.31. The van der Waals surface area contributed by atoms with Crippen LogP contribution in [0.2, 0.25) is 0 Å². The number of hydrogen-bond acceptors (Lipinski definition) is 4. The zero-order valence-electron chi connectivity index (χ0n) is 10.2. The van der Waals surface area contributed by atoms with Gasteiger partial charge in [0.25, 0.3) is 0 Å². The highest BCUT2D eigenvalue weighted by Gasteiger charge is 2.40. The molecule has 1 aliphatic rings. The summed E-state index contributed by atoms with van der Waals surface area (Å²) in [6.07, 6.45) is 1.81. The van der Waals surface area contributed by atoms with Crippen molar-refractivity contribution in [2.75, 3.05) is 13.1 Å². The lowest BCUT2D eigenvalue weighted by Gasteiger charge is -2.37. The maximum Gasteiger partial charge on any atom is 0.313 e. The lowest BCUT2D eigenvalue weighted by Crippen LogP contribution is -2.50. The van der Waals surface area contributed by atoms with E-state index in [1.165, 1.54) is 0 Å². The first-order valence-electron chi connectivity index (χ1n) is 5.46. The van der Waals surface area contributed by atoms with Gasteiger partial charge in [-0.2, -0.15) is 0 Å². The first-order chi connectivity index (χ1) is 6.73. The van der Waals surface area contributed by atoms with E-state index in [1.807, 2.05) is 27.7 Å². The van der Waals surface area contributed by atoms with Crippen molar-refractivity contribution in [1.29, 1.82) is 0 Å². The van der Waals surface area contributed by atoms with E-state index in [9.17, 15) is 4.79 Å². The van der Waals surface area contributed by atoms with Gasteiger partial charge in [0.2, 0.25) is 0 Å². The maximum absolute atomic E-state index is 12.0. The smallest absolute Gasteiger partial charge is 0.313 e. The standard InChI is InChI=1S/C11H22N2O2/c1-10(2,3)15-9(14)11(4)6-5-7-13(12)8-11/h5-8,12H2,1-4H3. The summed E-state index contributed by atoms with van der Waals surface area (Å²) in [5.74, 6) is 5.60. The highest BCUT2D eigenvalue weighted by atomic mass is 16.6. The van der Waals surface area contributed by atoms with Gasteiger partial charge in [-0.1, -0.05) is 0 Å². The van der Waals surface area contributed by atoms with Crippen molar-refractivity contribution in [2.45, 2.75) is 46.1 Å². The average Bonchev–Trinajstić information content (AvgIpc) is 2.00. The quantitative estimate of drug-likeness (QED) is 0.528. The SMILES string of the molecule is CC(C)(C)OC(=O)C1(C)CCCN(N)C1. The number of nitrogens with two attached hydrogens (primary N) is 1. The number of carbonyl (C=O) groups excluding carboxylic acids is 1. The van der Waals surface area contributed by atoms with Crippen LogP contribution in [0.4, 0.5) is 0 Å². The van der Waals surface area contributed by atoms with Gasteiger partial charge >= 0.3 is 5.97 Å². The first-order valence-corrected chi connectivity index (χ1v) is 5.46. The molecule has 4 nitrogen and oxygen atoms in total. The number of nitrogens with zero attached hydrogens (tertiary/aromatic N) is 1. The molecule has 0 aromatic carbocycles. The third kappa shape index (κ3) is 3.47. The van der Waals surface area contributed by atoms with E-state index in [4.69, 9.17) is 10.6 Å². The minimum Gasteiger partial charge on any atom is -0.460 e. The normalized spacial score (nSPS) is 28.9. The number of esters is 1. The number of hydrazine groups is 1. The van der Waals surface area contributed by atoms with E-state index in [2.05, 4.69) is 0 Å². The molecule has 15 heavy (non-hydrogen) atoms. The van der Waals surface area contributed by atoms with Crippen LogP contribution in [-0.2, 0) is 9.53 Å². The Labute approximate surface area is 91.7 Å². The van der Waals surface area contributed by atoms with E-state index >= 15 is 0 Å². The van der Waals surface area contributed by atoms with Gasteiger partial charge in [0.05, 0.1) is 5.41 Å². The fourth-order valence-corrected chi connectivity index (χ4v) is 1.85. The van der Waals surface area contributed by atoms with Crippen LogP contribution in [-0.4, -0.2) is 29.7 Å². The van der Waals surface area contributed by atoms with Crippen LogP contribution in [0.1, 0.15) is 40.5 Å². The number of piperidine rings is 1. The molecule has 1 atom stereocenters. The summed E-state index contributed by atoms with van der Waals surface area (Å²) in [4.78, 5) is 12.0. The lowest BCUT2D eigenvalue weighted by molar-refractivity contribution is -0.170. The van der Waals surface area contributed by atoms with Gasteiger partial charge in [0.15, 0.2) is 0 Å². The van der Waals surface area contributed by atoms with E-state index in [1.54, 1.807) is 5.01 Å². The molecule has 1 aliphatic heterocycles. The fraction of sp³-hybridized carbons (Fsp3) is 0.909. The molecule has 0 radical (unpaired) electrons. The molecule has 0 spiro atoms. The van der Waals surface area contributed by atoms with Crippen molar-refractivity contribution >= 4 is 5.97 Å². The van der Waals surface area contributed by atoms with Crippen molar-refractivity contribution in [2.24, 2.45) is 11.3 Å². The van der Waals surface area contributed by atoms with Gasteiger partial charge in [-0.05, 0) is 40.5 Å². The van der Waals surface area contributed by atoms with Crippen molar-refractivity contribution in [3.05, 3.63) is 0 Å². The summed E-state index contributed by atoms with van der Waals surface area (Å²) in [5.41, 5.74) is -0.864. The number of hydrogen-bond donors (Lipinski definition) is 1. The Morgan fingerprint density at radius 3 is 2.53 bits per heavy atom. The fourth-order valence-electron chi connectivity index (χ4n) is 1.85. The highest BCUT2D eigenvalue weighted by molar-refractivity contribution is 5.77. The van der Waals surface area contributed by atoms with Crippen molar-refractivity contribution in [1.82, 2.24) is 5.01 Å². The molecule has 0 bridgehead atoms. The zero-order chi connectivity index (χ0) is 11.7. The van der Waals surface area contributed by atoms with E-state index in [0.717, 1.165) is 19.4 Å². The Bertz CT molecular complexity index is 247. The predicted octanol–water partition coefficient (Wildman–Crippen LogP) is 1.30. The second-order valence-corrected chi connectivity index (χ2v) is 5.64. The molecule has 1 saturated heterocycles. The van der Waals surface area contributed by atoms with Gasteiger partial charge in [-0.3, -0.25) is 10.6 Å². The summed E-state index contributed by atoms with van der Waals surface area (Å²) < 4.78 is 5.41. The van der Waals surface area contributed by atoms with E-state index in [-0.39, 0.29) is 5.97 Å². The summed E-state index contributed by atoms with van der Waals surface area (Å²) in [7, 11) is 0. The minimum absolute atomic E-state index is 0.134. The second-order valence-electron chi connectivity index (χ2n) is 5.64. The minimum atomic E-state index is -0.444. The molecule has 0 aliphatic carbocycles. The van der Waals surface area contributed by atoms with Crippen molar-refractivity contribution < 1.29 is 9.53 Å². The van der Waals surface area contributed by atoms with Gasteiger partial charge < -0.3 is 4.74 Å². The van der Waals surface area contributed by atoms with Crippen molar-refractivity contribution in [3.8, 4) is 0 Å². The summed E-state index contributed by atoms with van der Waals surface area (Å²) >= 11 is 0. The molecular weight excluding hydrogens is 192 g/mol. The van der Waals surface area contributed by atoms with Crippen LogP contribution < -0.4 is 5.84 Å². The summed E-state index contributed by atoms with van der Waals surface area (Å²) in [6, 6.07) is 0. The molecule has 2 N–H and O–H groups in total. The molecule has 1 fully saturated rings. The van der Waals surface area contributed by atoms with Crippen molar-refractivity contribution in [3.63, 3.8) is 0 Å². The molecule has 0 aromatic heterocycles. The molecule has 0 aromatic rings. The lowest BCUT2D eigenvalue weighted by atomic mass is 9.82.